The maximum Gasteiger partial charge on any atom is 0.416 e. The van der Waals surface area contributed by atoms with E-state index >= 15 is 0 Å². The van der Waals surface area contributed by atoms with Crippen molar-refractivity contribution >= 4 is 18.0 Å². The lowest BCUT2D eigenvalue weighted by molar-refractivity contribution is -0.141. The van der Waals surface area contributed by atoms with Crippen LogP contribution in [0.4, 0.5) is 4.79 Å². The molecule has 2 aliphatic heterocycles. The summed E-state index contributed by atoms with van der Waals surface area (Å²) in [5.41, 5.74) is 0. The molecule has 0 bridgehead atoms. The fourth-order valence-electron chi connectivity index (χ4n) is 2.42. The largest absolute Gasteiger partial charge is 0.469 e. The van der Waals surface area contributed by atoms with Crippen molar-refractivity contribution in [3.05, 3.63) is 0 Å². The summed E-state index contributed by atoms with van der Waals surface area (Å²) >= 11 is 0. The van der Waals surface area contributed by atoms with Gasteiger partial charge in [0.2, 0.25) is 5.91 Å². The number of carbonyl (C=O) groups is 3. The van der Waals surface area contributed by atoms with Crippen molar-refractivity contribution in [1.29, 1.82) is 0 Å². The van der Waals surface area contributed by atoms with Crippen molar-refractivity contribution in [3.8, 4) is 0 Å². The van der Waals surface area contributed by atoms with Gasteiger partial charge in [-0.1, -0.05) is 0 Å². The zero-order valence-electron chi connectivity index (χ0n) is 12.2. The molecule has 2 saturated heterocycles. The van der Waals surface area contributed by atoms with Gasteiger partial charge in [0.1, 0.15) is 6.61 Å². The lowest BCUT2D eigenvalue weighted by Crippen LogP contribution is -2.50. The minimum absolute atomic E-state index is 0.208. The van der Waals surface area contributed by atoms with Gasteiger partial charge < -0.3 is 14.4 Å². The number of methoxy groups -OCH3 is 1. The minimum Gasteiger partial charge on any atom is -0.469 e. The Labute approximate surface area is 123 Å². The van der Waals surface area contributed by atoms with Crippen LogP contribution in [0.15, 0.2) is 0 Å². The molecule has 0 aromatic heterocycles. The molecule has 21 heavy (non-hydrogen) atoms. The first-order chi connectivity index (χ1) is 10.1. The number of cyclic esters (lactones) is 1. The number of esters is 1. The number of rotatable bonds is 5. The van der Waals surface area contributed by atoms with Crippen LogP contribution in [0.3, 0.4) is 0 Å². The molecule has 2 amide bonds. The van der Waals surface area contributed by atoms with E-state index in [4.69, 9.17) is 4.74 Å². The minimum atomic E-state index is -0.545. The number of hydrogen-bond acceptors (Lipinski definition) is 7. The van der Waals surface area contributed by atoms with Crippen LogP contribution in [-0.2, 0) is 19.1 Å². The lowest BCUT2D eigenvalue weighted by atomic mass is 10.3. The van der Waals surface area contributed by atoms with Gasteiger partial charge >= 0.3 is 12.1 Å². The highest BCUT2D eigenvalue weighted by Crippen LogP contribution is 2.07. The van der Waals surface area contributed by atoms with E-state index in [2.05, 4.69) is 9.64 Å². The first kappa shape index (κ1) is 15.7. The first-order valence-electron chi connectivity index (χ1n) is 7.09. The monoisotopic (exact) mass is 299 g/mol. The predicted molar refractivity (Wildman–Crippen MR) is 72.6 cm³/mol. The highest BCUT2D eigenvalue weighted by atomic mass is 16.6. The predicted octanol–water partition coefficient (Wildman–Crippen LogP) is -0.854. The van der Waals surface area contributed by atoms with E-state index in [1.54, 1.807) is 0 Å². The third-order valence-corrected chi connectivity index (χ3v) is 3.75. The molecule has 0 aromatic carbocycles. The Hall–Kier alpha value is -1.67. The van der Waals surface area contributed by atoms with Gasteiger partial charge in [-0.05, 0) is 0 Å². The van der Waals surface area contributed by atoms with Gasteiger partial charge in [0, 0.05) is 32.7 Å². The second-order valence-electron chi connectivity index (χ2n) is 5.10. The zero-order chi connectivity index (χ0) is 15.2. The van der Waals surface area contributed by atoms with Crippen LogP contribution in [-0.4, -0.2) is 92.2 Å². The molecule has 0 N–H and O–H groups in total. The van der Waals surface area contributed by atoms with E-state index in [1.165, 1.54) is 7.11 Å². The standard InChI is InChI=1S/C13H21N3O5/c1-20-12(18)2-3-14-4-6-15(7-5-14)10-11(17)16-8-9-21-13(16)19/h2-10H2,1H3. The van der Waals surface area contributed by atoms with Crippen molar-refractivity contribution in [2.75, 3.05) is 59.5 Å². The second-order valence-corrected chi connectivity index (χ2v) is 5.10. The Morgan fingerprint density at radius 1 is 1.14 bits per heavy atom. The number of nitrogens with zero attached hydrogens (tertiary/aromatic N) is 3. The first-order valence-corrected chi connectivity index (χ1v) is 7.09. The molecule has 8 nitrogen and oxygen atoms in total. The van der Waals surface area contributed by atoms with Crippen molar-refractivity contribution in [1.82, 2.24) is 14.7 Å². The molecule has 0 aromatic rings. The summed E-state index contributed by atoms with van der Waals surface area (Å²) in [4.78, 5) is 39.7. The summed E-state index contributed by atoms with van der Waals surface area (Å²) in [6.45, 7) is 4.63. The van der Waals surface area contributed by atoms with Crippen LogP contribution in [0, 0.1) is 0 Å². The van der Waals surface area contributed by atoms with Crippen molar-refractivity contribution in [2.45, 2.75) is 6.42 Å². The maximum atomic E-state index is 12.0. The number of imide groups is 1. The van der Waals surface area contributed by atoms with E-state index < -0.39 is 6.09 Å². The summed E-state index contributed by atoms with van der Waals surface area (Å²) in [5.74, 6) is -0.416. The average molecular weight is 299 g/mol. The summed E-state index contributed by atoms with van der Waals surface area (Å²) in [7, 11) is 1.38. The SMILES string of the molecule is COC(=O)CCN1CCN(CC(=O)N2CCOC2=O)CC1. The summed E-state index contributed by atoms with van der Waals surface area (Å²) in [5, 5.41) is 0. The molecular weight excluding hydrogens is 278 g/mol. The molecule has 0 unspecified atom stereocenters. The molecule has 0 atom stereocenters. The van der Waals surface area contributed by atoms with Crippen LogP contribution in [0.5, 0.6) is 0 Å². The lowest BCUT2D eigenvalue weighted by Gasteiger charge is -2.34. The van der Waals surface area contributed by atoms with Crippen LogP contribution >= 0.6 is 0 Å². The van der Waals surface area contributed by atoms with Crippen LogP contribution in [0.2, 0.25) is 0 Å². The molecule has 118 valence electrons. The molecule has 2 heterocycles. The summed E-state index contributed by atoms with van der Waals surface area (Å²) < 4.78 is 9.37. The van der Waals surface area contributed by atoms with E-state index in [1.807, 2.05) is 4.90 Å². The maximum absolute atomic E-state index is 12.0. The molecule has 2 fully saturated rings. The van der Waals surface area contributed by atoms with Gasteiger partial charge in [-0.15, -0.1) is 0 Å². The number of piperazine rings is 1. The van der Waals surface area contributed by atoms with Gasteiger partial charge in [0.25, 0.3) is 0 Å². The number of carbonyl (C=O) groups excluding carboxylic acids is 3. The summed E-state index contributed by atoms with van der Waals surface area (Å²) in [6.07, 6.45) is -0.161. The van der Waals surface area contributed by atoms with Crippen LogP contribution < -0.4 is 0 Å². The van der Waals surface area contributed by atoms with Gasteiger partial charge in [-0.25, -0.2) is 9.69 Å². The van der Waals surface area contributed by atoms with E-state index in [9.17, 15) is 14.4 Å². The average Bonchev–Trinajstić information content (AvgIpc) is 2.92. The molecule has 0 saturated carbocycles. The Balaban J connectivity index is 1.68. The fourth-order valence-corrected chi connectivity index (χ4v) is 2.42. The van der Waals surface area contributed by atoms with Crippen LogP contribution in [0.25, 0.3) is 0 Å². The Kier molecular flexibility index (Phi) is 5.51. The highest BCUT2D eigenvalue weighted by molar-refractivity contribution is 5.94. The van der Waals surface area contributed by atoms with Gasteiger partial charge in [-0.3, -0.25) is 14.5 Å². The van der Waals surface area contributed by atoms with E-state index in [0.717, 1.165) is 31.1 Å². The van der Waals surface area contributed by atoms with Gasteiger partial charge in [0.05, 0.1) is 26.6 Å². The van der Waals surface area contributed by atoms with Gasteiger partial charge in [0.15, 0.2) is 0 Å². The number of ether oxygens (including phenoxy) is 2. The molecule has 0 spiro atoms. The fraction of sp³-hybridized carbons (Fsp3) is 0.769. The zero-order valence-corrected chi connectivity index (χ0v) is 12.2. The Morgan fingerprint density at radius 2 is 1.81 bits per heavy atom. The molecule has 0 aliphatic carbocycles. The van der Waals surface area contributed by atoms with E-state index in [-0.39, 0.29) is 25.0 Å². The van der Waals surface area contributed by atoms with Crippen molar-refractivity contribution in [2.24, 2.45) is 0 Å². The molecule has 2 rings (SSSR count). The van der Waals surface area contributed by atoms with Crippen LogP contribution in [0.1, 0.15) is 6.42 Å². The smallest absolute Gasteiger partial charge is 0.416 e. The third-order valence-electron chi connectivity index (χ3n) is 3.75. The van der Waals surface area contributed by atoms with E-state index in [0.29, 0.717) is 19.5 Å². The second kappa shape index (κ2) is 7.37. The Bertz CT molecular complexity index is 407. The topological polar surface area (TPSA) is 79.4 Å². The molecule has 2 aliphatic rings. The molecule has 8 heteroatoms. The highest BCUT2D eigenvalue weighted by Gasteiger charge is 2.30. The molecule has 0 radical (unpaired) electrons. The quantitative estimate of drug-likeness (QED) is 0.612. The number of amides is 2. The van der Waals surface area contributed by atoms with Crippen molar-refractivity contribution in [3.63, 3.8) is 0 Å². The Morgan fingerprint density at radius 3 is 2.38 bits per heavy atom. The van der Waals surface area contributed by atoms with Crippen molar-refractivity contribution < 1.29 is 23.9 Å². The number of hydrogen-bond donors (Lipinski definition) is 0. The molecular formula is C13H21N3O5. The summed E-state index contributed by atoms with van der Waals surface area (Å²) in [6, 6.07) is 0. The van der Waals surface area contributed by atoms with Gasteiger partial charge in [-0.2, -0.15) is 0 Å². The third kappa shape index (κ3) is 4.40. The normalized spacial score (nSPS) is 20.4.